The first kappa shape index (κ1) is 16.1. The SMILES string of the molecule is Cc1cc(O)cc2c1O[C@](C)(COC(=O)CCC(=O)O)CC2. The van der Waals surface area contributed by atoms with Crippen LogP contribution >= 0.6 is 0 Å². The van der Waals surface area contributed by atoms with E-state index in [2.05, 4.69) is 0 Å². The summed E-state index contributed by atoms with van der Waals surface area (Å²) in [6, 6.07) is 3.31. The molecule has 6 heteroatoms. The Morgan fingerprint density at radius 3 is 2.77 bits per heavy atom. The highest BCUT2D eigenvalue weighted by Crippen LogP contribution is 2.38. The van der Waals surface area contributed by atoms with Gasteiger partial charge in [0.25, 0.3) is 0 Å². The van der Waals surface area contributed by atoms with Crippen LogP contribution in [0.15, 0.2) is 12.1 Å². The van der Waals surface area contributed by atoms with E-state index in [4.69, 9.17) is 14.6 Å². The van der Waals surface area contributed by atoms with Crippen LogP contribution in [0.25, 0.3) is 0 Å². The van der Waals surface area contributed by atoms with E-state index in [-0.39, 0.29) is 25.2 Å². The van der Waals surface area contributed by atoms with Crippen LogP contribution in [0.3, 0.4) is 0 Å². The Bertz CT molecular complexity index is 595. The minimum atomic E-state index is -1.03. The van der Waals surface area contributed by atoms with Crippen LogP contribution in [0.1, 0.15) is 37.3 Å². The summed E-state index contributed by atoms with van der Waals surface area (Å²) in [5.41, 5.74) is 1.12. The van der Waals surface area contributed by atoms with E-state index in [1.165, 1.54) is 0 Å². The molecule has 0 spiro atoms. The fourth-order valence-corrected chi connectivity index (χ4v) is 2.47. The molecule has 1 aliphatic rings. The number of esters is 1. The molecule has 1 aromatic carbocycles. The number of carboxylic acid groups (broad SMARTS) is 1. The molecule has 1 atom stereocenters. The summed E-state index contributed by atoms with van der Waals surface area (Å²) in [5.74, 6) is -0.640. The van der Waals surface area contributed by atoms with Crippen molar-refractivity contribution in [1.29, 1.82) is 0 Å². The van der Waals surface area contributed by atoms with Gasteiger partial charge in [-0.15, -0.1) is 0 Å². The summed E-state index contributed by atoms with van der Waals surface area (Å²) in [5, 5.41) is 18.1. The molecule has 0 bridgehead atoms. The predicted molar refractivity (Wildman–Crippen MR) is 78.0 cm³/mol. The van der Waals surface area contributed by atoms with Crippen molar-refractivity contribution in [3.05, 3.63) is 23.3 Å². The molecule has 0 amide bonds. The van der Waals surface area contributed by atoms with Gasteiger partial charge in [0.15, 0.2) is 0 Å². The van der Waals surface area contributed by atoms with Crippen LogP contribution in [0, 0.1) is 6.92 Å². The second-order valence-corrected chi connectivity index (χ2v) is 5.86. The van der Waals surface area contributed by atoms with E-state index in [0.29, 0.717) is 18.6 Å². The third kappa shape index (κ3) is 3.90. The number of aliphatic carboxylic acids is 1. The fraction of sp³-hybridized carbons (Fsp3) is 0.500. The molecule has 0 radical (unpaired) electrons. The fourth-order valence-electron chi connectivity index (χ4n) is 2.47. The first-order valence-corrected chi connectivity index (χ1v) is 7.18. The van der Waals surface area contributed by atoms with Crippen LogP contribution in [0.5, 0.6) is 11.5 Å². The molecule has 2 N–H and O–H groups in total. The lowest BCUT2D eigenvalue weighted by Gasteiger charge is -2.36. The molecule has 1 aliphatic heterocycles. The first-order chi connectivity index (χ1) is 10.3. The number of carbonyl (C=O) groups excluding carboxylic acids is 1. The maximum absolute atomic E-state index is 11.5. The largest absolute Gasteiger partial charge is 0.508 e. The average molecular weight is 308 g/mol. The molecule has 0 aliphatic carbocycles. The van der Waals surface area contributed by atoms with Crippen molar-refractivity contribution in [2.24, 2.45) is 0 Å². The molecular weight excluding hydrogens is 288 g/mol. The zero-order chi connectivity index (χ0) is 16.3. The van der Waals surface area contributed by atoms with Crippen molar-refractivity contribution in [2.45, 2.75) is 45.1 Å². The van der Waals surface area contributed by atoms with Crippen molar-refractivity contribution in [3.8, 4) is 11.5 Å². The van der Waals surface area contributed by atoms with Crippen molar-refractivity contribution < 1.29 is 29.3 Å². The van der Waals surface area contributed by atoms with Gasteiger partial charge in [0.1, 0.15) is 23.7 Å². The monoisotopic (exact) mass is 308 g/mol. The minimum absolute atomic E-state index is 0.0746. The molecule has 22 heavy (non-hydrogen) atoms. The molecule has 1 aromatic rings. The van der Waals surface area contributed by atoms with Crippen molar-refractivity contribution in [3.63, 3.8) is 0 Å². The topological polar surface area (TPSA) is 93.1 Å². The molecule has 6 nitrogen and oxygen atoms in total. The van der Waals surface area contributed by atoms with Gasteiger partial charge in [0.05, 0.1) is 12.8 Å². The summed E-state index contributed by atoms with van der Waals surface area (Å²) in [4.78, 5) is 21.9. The smallest absolute Gasteiger partial charge is 0.306 e. The van der Waals surface area contributed by atoms with Gasteiger partial charge >= 0.3 is 11.9 Å². The Morgan fingerprint density at radius 2 is 2.09 bits per heavy atom. The average Bonchev–Trinajstić information content (AvgIpc) is 2.44. The second kappa shape index (κ2) is 6.25. The van der Waals surface area contributed by atoms with E-state index in [1.54, 1.807) is 12.1 Å². The lowest BCUT2D eigenvalue weighted by atomic mass is 9.92. The van der Waals surface area contributed by atoms with Crippen LogP contribution in [0.2, 0.25) is 0 Å². The van der Waals surface area contributed by atoms with Crippen LogP contribution in [-0.2, 0) is 20.7 Å². The van der Waals surface area contributed by atoms with E-state index < -0.39 is 17.5 Å². The Kier molecular flexibility index (Phi) is 4.59. The zero-order valence-corrected chi connectivity index (χ0v) is 12.7. The molecule has 0 fully saturated rings. The highest BCUT2D eigenvalue weighted by atomic mass is 16.6. The summed E-state index contributed by atoms with van der Waals surface area (Å²) in [7, 11) is 0. The lowest BCUT2D eigenvalue weighted by Crippen LogP contribution is -2.42. The molecule has 0 unspecified atom stereocenters. The maximum Gasteiger partial charge on any atom is 0.306 e. The van der Waals surface area contributed by atoms with Gasteiger partial charge in [0.2, 0.25) is 0 Å². The second-order valence-electron chi connectivity index (χ2n) is 5.86. The van der Waals surface area contributed by atoms with Crippen molar-refractivity contribution >= 4 is 11.9 Å². The number of aryl methyl sites for hydroxylation is 2. The summed E-state index contributed by atoms with van der Waals surface area (Å²) in [6.45, 7) is 3.78. The van der Waals surface area contributed by atoms with Crippen LogP contribution in [0.4, 0.5) is 0 Å². The molecule has 120 valence electrons. The Balaban J connectivity index is 1.98. The molecular formula is C16H20O6. The zero-order valence-electron chi connectivity index (χ0n) is 12.7. The lowest BCUT2D eigenvalue weighted by molar-refractivity contribution is -0.152. The van der Waals surface area contributed by atoms with E-state index >= 15 is 0 Å². The van der Waals surface area contributed by atoms with Gasteiger partial charge in [0, 0.05) is 0 Å². The molecule has 0 aromatic heterocycles. The predicted octanol–water partition coefficient (Wildman–Crippen LogP) is 2.19. The Hall–Kier alpha value is -2.24. The van der Waals surface area contributed by atoms with Gasteiger partial charge in [-0.25, -0.2) is 0 Å². The maximum atomic E-state index is 11.5. The number of hydrogen-bond donors (Lipinski definition) is 2. The number of benzene rings is 1. The van der Waals surface area contributed by atoms with Crippen LogP contribution < -0.4 is 4.74 Å². The summed E-state index contributed by atoms with van der Waals surface area (Å²) >= 11 is 0. The number of ether oxygens (including phenoxy) is 2. The molecule has 0 saturated carbocycles. The Morgan fingerprint density at radius 1 is 1.36 bits per heavy atom. The van der Waals surface area contributed by atoms with Crippen molar-refractivity contribution in [2.75, 3.05) is 6.61 Å². The molecule has 0 saturated heterocycles. The highest BCUT2D eigenvalue weighted by molar-refractivity contribution is 5.76. The quantitative estimate of drug-likeness (QED) is 0.810. The number of carbonyl (C=O) groups is 2. The highest BCUT2D eigenvalue weighted by Gasteiger charge is 2.34. The third-order valence-corrected chi connectivity index (χ3v) is 3.69. The number of phenolic OH excluding ortho intramolecular Hbond substituents is 1. The number of phenols is 1. The molecule has 1 heterocycles. The van der Waals surface area contributed by atoms with E-state index in [1.807, 2.05) is 13.8 Å². The normalized spacial score (nSPS) is 19.9. The number of hydrogen-bond acceptors (Lipinski definition) is 5. The number of fused-ring (bicyclic) bond motifs is 1. The van der Waals surface area contributed by atoms with Gasteiger partial charge in [-0.3, -0.25) is 9.59 Å². The number of rotatable bonds is 5. The van der Waals surface area contributed by atoms with Gasteiger partial charge in [-0.1, -0.05) is 0 Å². The van der Waals surface area contributed by atoms with Gasteiger partial charge < -0.3 is 19.7 Å². The third-order valence-electron chi connectivity index (χ3n) is 3.69. The van der Waals surface area contributed by atoms with Gasteiger partial charge in [-0.2, -0.15) is 0 Å². The molecule has 2 rings (SSSR count). The van der Waals surface area contributed by atoms with E-state index in [0.717, 1.165) is 11.1 Å². The summed E-state index contributed by atoms with van der Waals surface area (Å²) in [6.07, 6.45) is 0.982. The van der Waals surface area contributed by atoms with E-state index in [9.17, 15) is 14.7 Å². The summed E-state index contributed by atoms with van der Waals surface area (Å²) < 4.78 is 11.1. The first-order valence-electron chi connectivity index (χ1n) is 7.18. The minimum Gasteiger partial charge on any atom is -0.508 e. The van der Waals surface area contributed by atoms with Crippen LogP contribution in [-0.4, -0.2) is 34.4 Å². The number of carboxylic acids is 1. The van der Waals surface area contributed by atoms with Gasteiger partial charge in [-0.05, 0) is 49.9 Å². The number of aromatic hydroxyl groups is 1. The Labute approximate surface area is 128 Å². The standard InChI is InChI=1S/C16H20O6/c1-10-7-12(17)8-11-5-6-16(2,22-15(10)11)9-21-14(20)4-3-13(18)19/h7-8,17H,3-6,9H2,1-2H3,(H,18,19)/t16-/m0/s1. The van der Waals surface area contributed by atoms with Crippen molar-refractivity contribution in [1.82, 2.24) is 0 Å².